The van der Waals surface area contributed by atoms with E-state index < -0.39 is 46.9 Å². The van der Waals surface area contributed by atoms with E-state index in [0.717, 1.165) is 12.0 Å². The number of esters is 2. The fraction of sp³-hybridized carbons (Fsp3) is 0.714. The molecule has 8 nitrogen and oxygen atoms in total. The second-order valence-electron chi connectivity index (χ2n) is 11.5. The van der Waals surface area contributed by atoms with Gasteiger partial charge >= 0.3 is 11.9 Å². The highest BCUT2D eigenvalue weighted by Crippen LogP contribution is 2.68. The first-order valence-electron chi connectivity index (χ1n) is 13.0. The lowest BCUT2D eigenvalue weighted by Gasteiger charge is -2.61. The van der Waals surface area contributed by atoms with Gasteiger partial charge in [0, 0.05) is 30.3 Å². The van der Waals surface area contributed by atoms with Crippen LogP contribution in [-0.2, 0) is 33.4 Å². The number of aliphatic hydroxyl groups excluding tert-OH is 1. The van der Waals surface area contributed by atoms with Gasteiger partial charge in [0.05, 0.1) is 6.10 Å². The molecule has 0 heterocycles. The van der Waals surface area contributed by atoms with Crippen LogP contribution in [0.1, 0.15) is 59.8 Å². The molecule has 2 unspecified atom stereocenters. The summed E-state index contributed by atoms with van der Waals surface area (Å²) in [5.74, 6) is -1.58. The Morgan fingerprint density at radius 1 is 1.17 bits per heavy atom. The van der Waals surface area contributed by atoms with Crippen LogP contribution in [0.25, 0.3) is 0 Å². The number of fused-ring (bicyclic) bond motifs is 5. The molecule has 3 fully saturated rings. The first-order chi connectivity index (χ1) is 16.9. The molecule has 0 bridgehead atoms. The van der Waals surface area contributed by atoms with E-state index in [-0.39, 0.29) is 48.9 Å². The van der Waals surface area contributed by atoms with Crippen molar-refractivity contribution in [2.75, 3.05) is 20.3 Å². The predicted octanol–water partition coefficient (Wildman–Crippen LogP) is 2.96. The van der Waals surface area contributed by atoms with Crippen LogP contribution < -0.4 is 0 Å². The van der Waals surface area contributed by atoms with Gasteiger partial charge in [-0.3, -0.25) is 14.4 Å². The van der Waals surface area contributed by atoms with Crippen LogP contribution in [0.4, 0.5) is 0 Å². The van der Waals surface area contributed by atoms with E-state index in [9.17, 15) is 24.3 Å². The van der Waals surface area contributed by atoms with E-state index in [1.807, 2.05) is 13.0 Å². The largest absolute Gasteiger partial charge is 0.457 e. The molecule has 4 aliphatic carbocycles. The van der Waals surface area contributed by atoms with Crippen LogP contribution in [0.2, 0.25) is 0 Å². The molecule has 0 aromatic carbocycles. The Bertz CT molecular complexity index is 1010. The zero-order valence-corrected chi connectivity index (χ0v) is 21.9. The molecule has 8 atom stereocenters. The Kier molecular flexibility index (Phi) is 7.07. The fourth-order valence-corrected chi connectivity index (χ4v) is 8.13. The molecular formula is C28H38O8. The molecule has 198 valence electrons. The summed E-state index contributed by atoms with van der Waals surface area (Å²) in [6, 6.07) is 0. The number of aliphatic hydroxyl groups is 1. The van der Waals surface area contributed by atoms with Gasteiger partial charge in [0.1, 0.15) is 6.61 Å². The van der Waals surface area contributed by atoms with Crippen LogP contribution in [0, 0.1) is 34.5 Å². The van der Waals surface area contributed by atoms with Gasteiger partial charge in [-0.1, -0.05) is 39.3 Å². The molecule has 1 N–H and O–H groups in total. The summed E-state index contributed by atoms with van der Waals surface area (Å²) in [5.41, 5.74) is -1.78. The van der Waals surface area contributed by atoms with Crippen LogP contribution in [-0.4, -0.2) is 60.6 Å². The Morgan fingerprint density at radius 3 is 2.56 bits per heavy atom. The maximum absolute atomic E-state index is 13.7. The van der Waals surface area contributed by atoms with Crippen molar-refractivity contribution in [1.29, 1.82) is 0 Å². The molecule has 0 aromatic heterocycles. The molecule has 0 saturated heterocycles. The highest BCUT2D eigenvalue weighted by molar-refractivity contribution is 6.01. The van der Waals surface area contributed by atoms with Gasteiger partial charge in [0.15, 0.2) is 18.0 Å². The molecule has 0 aromatic rings. The first-order valence-corrected chi connectivity index (χ1v) is 13.0. The quantitative estimate of drug-likeness (QED) is 0.528. The molecule has 0 amide bonds. The lowest BCUT2D eigenvalue weighted by molar-refractivity contribution is -0.204. The molecule has 0 aliphatic heterocycles. The number of ether oxygens (including phenoxy) is 3. The molecule has 0 radical (unpaired) electrons. The first kappa shape index (κ1) is 26.7. The minimum atomic E-state index is -1.52. The van der Waals surface area contributed by atoms with E-state index in [0.29, 0.717) is 12.8 Å². The van der Waals surface area contributed by atoms with Crippen LogP contribution in [0.15, 0.2) is 23.8 Å². The van der Waals surface area contributed by atoms with Crippen molar-refractivity contribution in [3.05, 3.63) is 23.8 Å². The van der Waals surface area contributed by atoms with E-state index in [2.05, 4.69) is 13.8 Å². The van der Waals surface area contributed by atoms with Crippen LogP contribution >= 0.6 is 0 Å². The fourth-order valence-electron chi connectivity index (χ4n) is 8.13. The summed E-state index contributed by atoms with van der Waals surface area (Å²) in [6.07, 6.45) is 6.58. The highest BCUT2D eigenvalue weighted by atomic mass is 16.6. The number of carbonyl (C=O) groups is 4. The summed E-state index contributed by atoms with van der Waals surface area (Å²) in [4.78, 5) is 50.4. The average molecular weight is 503 g/mol. The molecule has 4 aliphatic rings. The monoisotopic (exact) mass is 502 g/mol. The predicted molar refractivity (Wildman–Crippen MR) is 130 cm³/mol. The standard InChI is InChI=1S/C28H38O8/c1-6-23(32)35-14-22(31)28(36-24(33)15-34-5)10-8-19-18-11-16(2)20-12-17(29)7-9-26(20,3)25(18)21(30)13-27(19,28)4/h7,9,12,16,18-19,21,25,30H,6,8,10-11,13-15H2,1-5H3/t16?,18-,19-,21?,25+,26-,27-,28-/m0/s1. The van der Waals surface area contributed by atoms with Crippen LogP contribution in [0.5, 0.6) is 0 Å². The maximum Gasteiger partial charge on any atom is 0.333 e. The van der Waals surface area contributed by atoms with Gasteiger partial charge < -0.3 is 19.3 Å². The Balaban J connectivity index is 1.73. The second kappa shape index (κ2) is 9.53. The van der Waals surface area contributed by atoms with Crippen molar-refractivity contribution in [1.82, 2.24) is 0 Å². The van der Waals surface area contributed by atoms with Gasteiger partial charge in [0.25, 0.3) is 0 Å². The molecule has 0 spiro atoms. The Morgan fingerprint density at radius 2 is 1.89 bits per heavy atom. The summed E-state index contributed by atoms with van der Waals surface area (Å²) >= 11 is 0. The third-order valence-electron chi connectivity index (χ3n) is 9.59. The van der Waals surface area contributed by atoms with Gasteiger partial charge in [0.2, 0.25) is 5.78 Å². The molecule has 3 saturated carbocycles. The summed E-state index contributed by atoms with van der Waals surface area (Å²) in [5, 5.41) is 11.7. The van der Waals surface area contributed by atoms with Crippen molar-refractivity contribution in [2.45, 2.75) is 71.5 Å². The van der Waals surface area contributed by atoms with Gasteiger partial charge in [-0.2, -0.15) is 0 Å². The van der Waals surface area contributed by atoms with Crippen molar-refractivity contribution >= 4 is 23.5 Å². The molecule has 4 rings (SSSR count). The smallest absolute Gasteiger partial charge is 0.333 e. The Hall–Kier alpha value is -2.32. The second-order valence-corrected chi connectivity index (χ2v) is 11.5. The number of hydrogen-bond donors (Lipinski definition) is 1. The highest BCUT2D eigenvalue weighted by Gasteiger charge is 2.70. The van der Waals surface area contributed by atoms with Gasteiger partial charge in [-0.15, -0.1) is 0 Å². The number of methoxy groups -OCH3 is 1. The number of rotatable bonds is 7. The van der Waals surface area contributed by atoms with E-state index in [4.69, 9.17) is 14.2 Å². The number of ketones is 2. The van der Waals surface area contributed by atoms with E-state index in [1.165, 1.54) is 7.11 Å². The lowest BCUT2D eigenvalue weighted by Crippen LogP contribution is -2.63. The minimum absolute atomic E-state index is 0.000996. The summed E-state index contributed by atoms with van der Waals surface area (Å²) in [6.45, 7) is 7.00. The summed E-state index contributed by atoms with van der Waals surface area (Å²) < 4.78 is 16.1. The number of Topliss-reactive ketones (excluding diaryl/α,β-unsaturated/α-hetero) is 1. The average Bonchev–Trinajstić information content (AvgIpc) is 3.10. The SMILES string of the molecule is CCC(=O)OCC(=O)[C@@]1(OC(=O)COC)CC[C@H]2[C@@H]3CC(C)C4=CC(=O)C=C[C@]4(C)[C@H]3C(O)C[C@@]21C. The van der Waals surface area contributed by atoms with Crippen molar-refractivity contribution < 1.29 is 38.5 Å². The molecule has 8 heteroatoms. The third kappa shape index (κ3) is 3.97. The topological polar surface area (TPSA) is 116 Å². The normalized spacial score (nSPS) is 41.0. The molecule has 36 heavy (non-hydrogen) atoms. The number of carbonyl (C=O) groups excluding carboxylic acids is 4. The summed E-state index contributed by atoms with van der Waals surface area (Å²) in [7, 11) is 1.38. The van der Waals surface area contributed by atoms with Gasteiger partial charge in [-0.05, 0) is 55.6 Å². The minimum Gasteiger partial charge on any atom is -0.457 e. The van der Waals surface area contributed by atoms with Crippen molar-refractivity contribution in [3.8, 4) is 0 Å². The van der Waals surface area contributed by atoms with Gasteiger partial charge in [-0.25, -0.2) is 4.79 Å². The zero-order valence-electron chi connectivity index (χ0n) is 21.9. The number of hydrogen-bond acceptors (Lipinski definition) is 8. The van der Waals surface area contributed by atoms with E-state index in [1.54, 1.807) is 19.1 Å². The van der Waals surface area contributed by atoms with Crippen molar-refractivity contribution in [3.63, 3.8) is 0 Å². The van der Waals surface area contributed by atoms with Crippen molar-refractivity contribution in [2.24, 2.45) is 34.5 Å². The maximum atomic E-state index is 13.7. The lowest BCUT2D eigenvalue weighted by atomic mass is 9.44. The van der Waals surface area contributed by atoms with E-state index >= 15 is 0 Å². The number of allylic oxidation sites excluding steroid dienone is 4. The third-order valence-corrected chi connectivity index (χ3v) is 9.59. The molecular weight excluding hydrogens is 464 g/mol. The Labute approximate surface area is 212 Å². The zero-order chi connectivity index (χ0) is 26.5. The van der Waals surface area contributed by atoms with Crippen LogP contribution in [0.3, 0.4) is 0 Å².